The third-order valence-corrected chi connectivity index (χ3v) is 3.30. The lowest BCUT2D eigenvalue weighted by Crippen LogP contribution is -1.82. The van der Waals surface area contributed by atoms with Crippen LogP contribution in [-0.2, 0) is 0 Å². The highest BCUT2D eigenvalue weighted by molar-refractivity contribution is 6.15. The smallest absolute Gasteiger partial charge is 0.0708 e. The van der Waals surface area contributed by atoms with Crippen molar-refractivity contribution in [3.05, 3.63) is 54.9 Å². The van der Waals surface area contributed by atoms with E-state index in [0.717, 1.165) is 11.0 Å². The summed E-state index contributed by atoms with van der Waals surface area (Å²) in [5.74, 6) is 0. The van der Waals surface area contributed by atoms with Gasteiger partial charge in [0.2, 0.25) is 0 Å². The molecule has 4 aromatic rings. The Kier molecular flexibility index (Phi) is 1.59. The minimum atomic E-state index is 1.05. The second kappa shape index (κ2) is 3.08. The van der Waals surface area contributed by atoms with Crippen molar-refractivity contribution >= 4 is 32.6 Å². The van der Waals surface area contributed by atoms with E-state index in [1.54, 1.807) is 0 Å². The van der Waals surface area contributed by atoms with Crippen LogP contribution in [0.1, 0.15) is 0 Å². The molecule has 80 valence electrons. The molecule has 0 saturated carbocycles. The number of para-hydroxylation sites is 1. The van der Waals surface area contributed by atoms with Crippen molar-refractivity contribution in [2.75, 3.05) is 0 Å². The molecule has 0 aliphatic carbocycles. The van der Waals surface area contributed by atoms with Gasteiger partial charge >= 0.3 is 0 Å². The highest BCUT2D eigenvalue weighted by Gasteiger charge is 2.04. The van der Waals surface area contributed by atoms with Crippen molar-refractivity contribution in [3.63, 3.8) is 0 Å². The number of rotatable bonds is 0. The fourth-order valence-electron chi connectivity index (χ4n) is 2.48. The van der Waals surface area contributed by atoms with Crippen LogP contribution < -0.4 is 0 Å². The first-order valence-electron chi connectivity index (χ1n) is 5.67. The Labute approximate surface area is 97.9 Å². The Hall–Kier alpha value is -2.35. The Balaban J connectivity index is 2.34. The van der Waals surface area contributed by atoms with E-state index in [0.29, 0.717) is 0 Å². The van der Waals surface area contributed by atoms with Crippen molar-refractivity contribution in [2.24, 2.45) is 0 Å². The Morgan fingerprint density at radius 1 is 0.765 bits per heavy atom. The molecule has 0 unspecified atom stereocenters. The topological polar surface area (TPSA) is 28.7 Å². The monoisotopic (exact) mass is 218 g/mol. The van der Waals surface area contributed by atoms with Gasteiger partial charge in [-0.25, -0.2) is 0 Å². The van der Waals surface area contributed by atoms with Gasteiger partial charge in [-0.3, -0.25) is 4.98 Å². The molecule has 2 heterocycles. The van der Waals surface area contributed by atoms with Gasteiger partial charge in [0.05, 0.1) is 5.52 Å². The molecular formula is C15H10N2. The predicted molar refractivity (Wildman–Crippen MR) is 71.1 cm³/mol. The zero-order chi connectivity index (χ0) is 11.2. The van der Waals surface area contributed by atoms with Crippen LogP contribution in [0.3, 0.4) is 0 Å². The van der Waals surface area contributed by atoms with Gasteiger partial charge in [0, 0.05) is 34.1 Å². The SMILES string of the molecule is c1ccc2c(c1)ncc1c3cc[nH]c3ccc21. The third kappa shape index (κ3) is 1.12. The van der Waals surface area contributed by atoms with Gasteiger partial charge in [-0.2, -0.15) is 0 Å². The second-order valence-corrected chi connectivity index (χ2v) is 4.24. The molecule has 0 radical (unpaired) electrons. The summed E-state index contributed by atoms with van der Waals surface area (Å²) in [6, 6.07) is 14.7. The molecule has 0 fully saturated rings. The lowest BCUT2D eigenvalue weighted by atomic mass is 10.0. The van der Waals surface area contributed by atoms with Gasteiger partial charge < -0.3 is 4.98 Å². The minimum absolute atomic E-state index is 1.05. The largest absolute Gasteiger partial charge is 0.361 e. The van der Waals surface area contributed by atoms with Crippen LogP contribution in [0.4, 0.5) is 0 Å². The third-order valence-electron chi connectivity index (χ3n) is 3.30. The standard InChI is InChI=1S/C15H10N2/c1-2-4-14-11(3-1)10-5-6-15-12(7-8-16-15)13(10)9-17-14/h1-9,16H. The van der Waals surface area contributed by atoms with Crippen LogP contribution in [0.25, 0.3) is 32.6 Å². The van der Waals surface area contributed by atoms with E-state index in [4.69, 9.17) is 0 Å². The summed E-state index contributed by atoms with van der Waals surface area (Å²) in [5, 5.41) is 4.93. The maximum atomic E-state index is 4.53. The van der Waals surface area contributed by atoms with Crippen molar-refractivity contribution in [2.45, 2.75) is 0 Å². The van der Waals surface area contributed by atoms with E-state index in [2.05, 4.69) is 46.4 Å². The molecular weight excluding hydrogens is 208 g/mol. The van der Waals surface area contributed by atoms with Crippen LogP contribution in [0.15, 0.2) is 54.9 Å². The molecule has 2 aromatic heterocycles. The number of H-pyrrole nitrogens is 1. The van der Waals surface area contributed by atoms with Gasteiger partial charge in [0.15, 0.2) is 0 Å². The first-order chi connectivity index (χ1) is 8.43. The number of pyridine rings is 1. The molecule has 0 saturated heterocycles. The summed E-state index contributed by atoms with van der Waals surface area (Å²) < 4.78 is 0. The van der Waals surface area contributed by atoms with E-state index < -0.39 is 0 Å². The predicted octanol–water partition coefficient (Wildman–Crippen LogP) is 3.87. The van der Waals surface area contributed by atoms with Crippen molar-refractivity contribution in [3.8, 4) is 0 Å². The van der Waals surface area contributed by atoms with Gasteiger partial charge in [-0.1, -0.05) is 24.3 Å². The van der Waals surface area contributed by atoms with E-state index in [-0.39, 0.29) is 0 Å². The van der Waals surface area contributed by atoms with Crippen molar-refractivity contribution in [1.82, 2.24) is 9.97 Å². The number of benzene rings is 2. The fourth-order valence-corrected chi connectivity index (χ4v) is 2.48. The van der Waals surface area contributed by atoms with Gasteiger partial charge in [0.25, 0.3) is 0 Å². The zero-order valence-corrected chi connectivity index (χ0v) is 9.14. The Morgan fingerprint density at radius 3 is 2.71 bits per heavy atom. The minimum Gasteiger partial charge on any atom is -0.361 e. The maximum Gasteiger partial charge on any atom is 0.0708 e. The summed E-state index contributed by atoms with van der Waals surface area (Å²) in [6.07, 6.45) is 3.94. The van der Waals surface area contributed by atoms with Gasteiger partial charge in [-0.15, -0.1) is 0 Å². The number of hydrogen-bond donors (Lipinski definition) is 1. The van der Waals surface area contributed by atoms with E-state index >= 15 is 0 Å². The van der Waals surface area contributed by atoms with Crippen LogP contribution in [0.2, 0.25) is 0 Å². The molecule has 0 aliphatic heterocycles. The summed E-state index contributed by atoms with van der Waals surface area (Å²) in [7, 11) is 0. The number of nitrogens with zero attached hydrogens (tertiary/aromatic N) is 1. The summed E-state index contributed by atoms with van der Waals surface area (Å²) in [6.45, 7) is 0. The number of aromatic amines is 1. The average Bonchev–Trinajstić information content (AvgIpc) is 2.86. The highest BCUT2D eigenvalue weighted by Crippen LogP contribution is 2.29. The van der Waals surface area contributed by atoms with Crippen molar-refractivity contribution < 1.29 is 0 Å². The number of fused-ring (bicyclic) bond motifs is 5. The number of hydrogen-bond acceptors (Lipinski definition) is 1. The summed E-state index contributed by atoms with van der Waals surface area (Å²) in [4.78, 5) is 7.76. The molecule has 0 atom stereocenters. The Bertz CT molecular complexity index is 843. The second-order valence-electron chi connectivity index (χ2n) is 4.24. The molecule has 2 aromatic carbocycles. The highest BCUT2D eigenvalue weighted by atomic mass is 14.7. The lowest BCUT2D eigenvalue weighted by Gasteiger charge is -2.03. The van der Waals surface area contributed by atoms with Crippen molar-refractivity contribution in [1.29, 1.82) is 0 Å². The normalized spacial score (nSPS) is 11.5. The van der Waals surface area contributed by atoms with E-state index in [1.807, 2.05) is 18.5 Å². The fraction of sp³-hybridized carbons (Fsp3) is 0. The van der Waals surface area contributed by atoms with Crippen LogP contribution in [-0.4, -0.2) is 9.97 Å². The molecule has 17 heavy (non-hydrogen) atoms. The Morgan fingerprint density at radius 2 is 1.71 bits per heavy atom. The first kappa shape index (κ1) is 8.76. The molecule has 2 nitrogen and oxygen atoms in total. The van der Waals surface area contributed by atoms with Crippen LogP contribution in [0, 0.1) is 0 Å². The number of nitrogens with one attached hydrogen (secondary N) is 1. The van der Waals surface area contributed by atoms with Gasteiger partial charge in [-0.05, 0) is 23.6 Å². The molecule has 1 N–H and O–H groups in total. The van der Waals surface area contributed by atoms with E-state index in [1.165, 1.54) is 21.5 Å². The van der Waals surface area contributed by atoms with E-state index in [9.17, 15) is 0 Å². The number of aromatic nitrogens is 2. The molecule has 2 heteroatoms. The summed E-state index contributed by atoms with van der Waals surface area (Å²) in [5.41, 5.74) is 2.21. The maximum absolute atomic E-state index is 4.53. The molecule has 0 aliphatic rings. The lowest BCUT2D eigenvalue weighted by molar-refractivity contribution is 1.45. The summed E-state index contributed by atoms with van der Waals surface area (Å²) >= 11 is 0. The zero-order valence-electron chi connectivity index (χ0n) is 9.14. The van der Waals surface area contributed by atoms with Crippen LogP contribution in [0.5, 0.6) is 0 Å². The molecule has 0 bridgehead atoms. The quantitative estimate of drug-likeness (QED) is 0.446. The molecule has 0 spiro atoms. The first-order valence-corrected chi connectivity index (χ1v) is 5.67. The molecule has 0 amide bonds. The average molecular weight is 218 g/mol. The van der Waals surface area contributed by atoms with Gasteiger partial charge in [0.1, 0.15) is 0 Å². The van der Waals surface area contributed by atoms with Crippen LogP contribution >= 0.6 is 0 Å². The molecule has 4 rings (SSSR count).